The number of allylic oxidation sites excluding steroid dienone is 1. The van der Waals surface area contributed by atoms with Crippen LogP contribution in [0.3, 0.4) is 0 Å². The summed E-state index contributed by atoms with van der Waals surface area (Å²) in [4.78, 5) is 11.4. The first-order valence-corrected chi connectivity index (χ1v) is 7.49. The summed E-state index contributed by atoms with van der Waals surface area (Å²) in [5, 5.41) is 0. The first kappa shape index (κ1) is 18.2. The lowest BCUT2D eigenvalue weighted by Crippen LogP contribution is -2.05. The Kier molecular flexibility index (Phi) is 5.89. The average molecular weight is 343 g/mol. The number of carbonyl (C=O) groups is 1. The quantitative estimate of drug-likeness (QED) is 0.615. The highest BCUT2D eigenvalue weighted by Crippen LogP contribution is 2.36. The Morgan fingerprint density at radius 1 is 0.760 bits per heavy atom. The van der Waals surface area contributed by atoms with E-state index in [0.29, 0.717) is 34.9 Å². The molecule has 0 amide bonds. The number of benzene rings is 2. The van der Waals surface area contributed by atoms with E-state index in [1.54, 1.807) is 52.7 Å². The van der Waals surface area contributed by atoms with E-state index in [1.165, 1.54) is 0 Å². The maximum Gasteiger partial charge on any atom is 0.166 e. The molecule has 0 aliphatic heterocycles. The molecule has 0 bridgehead atoms. The van der Waals surface area contributed by atoms with Crippen molar-refractivity contribution in [3.8, 4) is 23.0 Å². The van der Waals surface area contributed by atoms with Crippen molar-refractivity contribution < 1.29 is 23.7 Å². The highest BCUT2D eigenvalue weighted by atomic mass is 16.5. The second-order valence-electron chi connectivity index (χ2n) is 5.09. The standard InChI is InChI=1S/C19H21NO5/c1-22-15-7-5-12(9-17(15)24-3)19(14(20)11-21)13-6-8-16(23-2)18(10-13)25-4/h5-11H,20H2,1-4H3. The van der Waals surface area contributed by atoms with E-state index in [-0.39, 0.29) is 5.70 Å². The number of aldehydes is 1. The Labute approximate surface area is 146 Å². The smallest absolute Gasteiger partial charge is 0.166 e. The maximum atomic E-state index is 11.4. The number of carbonyl (C=O) groups excluding carboxylic acids is 1. The van der Waals surface area contributed by atoms with Gasteiger partial charge in [0.2, 0.25) is 0 Å². The summed E-state index contributed by atoms with van der Waals surface area (Å²) in [6.07, 6.45) is 0.614. The summed E-state index contributed by atoms with van der Waals surface area (Å²) >= 11 is 0. The third-order valence-corrected chi connectivity index (χ3v) is 3.76. The SMILES string of the molecule is COc1ccc(C(=C(N)C=O)c2ccc(OC)c(OC)c2)cc1OC. The van der Waals surface area contributed by atoms with E-state index in [2.05, 4.69) is 0 Å². The zero-order valence-corrected chi connectivity index (χ0v) is 14.7. The summed E-state index contributed by atoms with van der Waals surface area (Å²) in [7, 11) is 6.21. The van der Waals surface area contributed by atoms with Crippen molar-refractivity contribution in [3.05, 3.63) is 53.2 Å². The van der Waals surface area contributed by atoms with Gasteiger partial charge in [0, 0.05) is 5.57 Å². The zero-order valence-electron chi connectivity index (χ0n) is 14.7. The van der Waals surface area contributed by atoms with Gasteiger partial charge in [-0.15, -0.1) is 0 Å². The van der Waals surface area contributed by atoms with Gasteiger partial charge >= 0.3 is 0 Å². The Hall–Kier alpha value is -3.15. The largest absolute Gasteiger partial charge is 0.493 e. The van der Waals surface area contributed by atoms with Crippen LogP contribution in [-0.2, 0) is 4.79 Å². The van der Waals surface area contributed by atoms with E-state index < -0.39 is 0 Å². The van der Waals surface area contributed by atoms with Crippen molar-refractivity contribution in [1.29, 1.82) is 0 Å². The first-order valence-electron chi connectivity index (χ1n) is 7.49. The molecular weight excluding hydrogens is 322 g/mol. The van der Waals surface area contributed by atoms with Gasteiger partial charge in [0.1, 0.15) is 0 Å². The van der Waals surface area contributed by atoms with Gasteiger partial charge in [-0.05, 0) is 35.4 Å². The topological polar surface area (TPSA) is 80.0 Å². The van der Waals surface area contributed by atoms with Crippen LogP contribution in [0.15, 0.2) is 42.1 Å². The van der Waals surface area contributed by atoms with Crippen LogP contribution < -0.4 is 24.7 Å². The van der Waals surface area contributed by atoms with Gasteiger partial charge in [-0.2, -0.15) is 0 Å². The summed E-state index contributed by atoms with van der Waals surface area (Å²) in [5.41, 5.74) is 8.07. The molecule has 0 saturated heterocycles. The van der Waals surface area contributed by atoms with Crippen LogP contribution >= 0.6 is 0 Å². The molecule has 6 nitrogen and oxygen atoms in total. The van der Waals surface area contributed by atoms with Crippen LogP contribution in [0, 0.1) is 0 Å². The highest BCUT2D eigenvalue weighted by molar-refractivity contribution is 5.94. The maximum absolute atomic E-state index is 11.4. The molecule has 2 aromatic carbocycles. The van der Waals surface area contributed by atoms with Crippen LogP contribution in [0.1, 0.15) is 11.1 Å². The molecule has 0 atom stereocenters. The number of nitrogens with two attached hydrogens (primary N) is 1. The molecule has 2 rings (SSSR count). The minimum absolute atomic E-state index is 0.0967. The lowest BCUT2D eigenvalue weighted by atomic mass is 9.95. The van der Waals surface area contributed by atoms with Crippen molar-refractivity contribution in [2.45, 2.75) is 0 Å². The molecule has 0 aromatic heterocycles. The summed E-state index contributed by atoms with van der Waals surface area (Å²) in [6, 6.07) is 10.7. The lowest BCUT2D eigenvalue weighted by Gasteiger charge is -2.15. The monoisotopic (exact) mass is 343 g/mol. The summed E-state index contributed by atoms with van der Waals surface area (Å²) < 4.78 is 21.2. The van der Waals surface area contributed by atoms with Gasteiger partial charge < -0.3 is 24.7 Å². The second kappa shape index (κ2) is 8.10. The van der Waals surface area contributed by atoms with Crippen molar-refractivity contribution in [3.63, 3.8) is 0 Å². The van der Waals surface area contributed by atoms with Crippen LogP contribution in [0.2, 0.25) is 0 Å². The molecule has 2 aromatic rings. The molecule has 0 saturated carbocycles. The summed E-state index contributed by atoms with van der Waals surface area (Å²) in [6.45, 7) is 0. The average Bonchev–Trinajstić information content (AvgIpc) is 2.67. The third-order valence-electron chi connectivity index (χ3n) is 3.76. The molecule has 0 heterocycles. The van der Waals surface area contributed by atoms with Crippen molar-refractivity contribution in [2.75, 3.05) is 28.4 Å². The fourth-order valence-corrected chi connectivity index (χ4v) is 2.54. The summed E-state index contributed by atoms with van der Waals surface area (Å²) in [5.74, 6) is 2.25. The third kappa shape index (κ3) is 3.68. The molecular formula is C19H21NO5. The molecule has 2 N–H and O–H groups in total. The van der Waals surface area contributed by atoms with Crippen molar-refractivity contribution >= 4 is 11.9 Å². The zero-order chi connectivity index (χ0) is 18.4. The molecule has 0 aliphatic carbocycles. The molecule has 132 valence electrons. The molecule has 0 spiro atoms. The minimum Gasteiger partial charge on any atom is -0.493 e. The van der Waals surface area contributed by atoms with Gasteiger partial charge in [0.15, 0.2) is 29.3 Å². The number of hydrogen-bond donors (Lipinski definition) is 1. The Bertz CT molecular complexity index is 741. The number of rotatable bonds is 7. The molecule has 6 heteroatoms. The number of ether oxygens (including phenoxy) is 4. The van der Waals surface area contributed by atoms with Gasteiger partial charge in [0.25, 0.3) is 0 Å². The molecule has 0 aliphatic rings. The first-order chi connectivity index (χ1) is 12.1. The Balaban J connectivity index is 2.65. The van der Waals surface area contributed by atoms with Crippen molar-refractivity contribution in [2.24, 2.45) is 5.73 Å². The number of hydrogen-bond acceptors (Lipinski definition) is 6. The van der Waals surface area contributed by atoms with E-state index in [0.717, 1.165) is 11.1 Å². The van der Waals surface area contributed by atoms with Gasteiger partial charge in [-0.3, -0.25) is 4.79 Å². The molecule has 0 unspecified atom stereocenters. The van der Waals surface area contributed by atoms with Crippen LogP contribution in [0.4, 0.5) is 0 Å². The Morgan fingerprint density at radius 3 is 1.48 bits per heavy atom. The molecule has 0 radical (unpaired) electrons. The van der Waals surface area contributed by atoms with Crippen LogP contribution in [-0.4, -0.2) is 34.7 Å². The fraction of sp³-hybridized carbons (Fsp3) is 0.211. The van der Waals surface area contributed by atoms with Gasteiger partial charge in [-0.25, -0.2) is 0 Å². The van der Waals surface area contributed by atoms with Crippen LogP contribution in [0.5, 0.6) is 23.0 Å². The van der Waals surface area contributed by atoms with Crippen molar-refractivity contribution in [1.82, 2.24) is 0 Å². The Morgan fingerprint density at radius 2 is 1.16 bits per heavy atom. The minimum atomic E-state index is 0.0967. The van der Waals surface area contributed by atoms with E-state index in [4.69, 9.17) is 24.7 Å². The predicted molar refractivity (Wildman–Crippen MR) is 95.4 cm³/mol. The van der Waals surface area contributed by atoms with Crippen LogP contribution in [0.25, 0.3) is 5.57 Å². The molecule has 25 heavy (non-hydrogen) atoms. The van der Waals surface area contributed by atoms with Gasteiger partial charge in [0.05, 0.1) is 34.1 Å². The number of methoxy groups -OCH3 is 4. The normalized spacial score (nSPS) is 9.92. The molecule has 0 fully saturated rings. The van der Waals surface area contributed by atoms with E-state index in [1.807, 2.05) is 12.1 Å². The van der Waals surface area contributed by atoms with E-state index in [9.17, 15) is 4.79 Å². The highest BCUT2D eigenvalue weighted by Gasteiger charge is 2.15. The van der Waals surface area contributed by atoms with E-state index >= 15 is 0 Å². The predicted octanol–water partition coefficient (Wildman–Crippen LogP) is 2.64. The lowest BCUT2D eigenvalue weighted by molar-refractivity contribution is -0.104. The fourth-order valence-electron chi connectivity index (χ4n) is 2.54. The van der Waals surface area contributed by atoms with Gasteiger partial charge in [-0.1, -0.05) is 12.1 Å². The second-order valence-corrected chi connectivity index (χ2v) is 5.09.